The van der Waals surface area contributed by atoms with Crippen LogP contribution in [0.4, 0.5) is 11.4 Å². The zero-order valence-electron chi connectivity index (χ0n) is 11.1. The van der Waals surface area contributed by atoms with Crippen LogP contribution in [0.3, 0.4) is 0 Å². The standard InChI is InChI=1S/C14H12N2O6/c15-8-4-9(16)12(18)10(11(8)17)7-3-5(13(19)20)1-2-6(7)14(21)22/h1-4,17-18H,15-16H2,(H,19,20)(H,21,22). The average Bonchev–Trinajstić information content (AvgIpc) is 2.45. The molecule has 0 atom stereocenters. The topological polar surface area (TPSA) is 167 Å². The van der Waals surface area contributed by atoms with Gasteiger partial charge < -0.3 is 31.9 Å². The van der Waals surface area contributed by atoms with E-state index in [0.29, 0.717) is 0 Å². The van der Waals surface area contributed by atoms with Gasteiger partial charge in [-0.15, -0.1) is 0 Å². The van der Waals surface area contributed by atoms with Gasteiger partial charge in [-0.3, -0.25) is 0 Å². The van der Waals surface area contributed by atoms with Gasteiger partial charge in [-0.05, 0) is 24.3 Å². The van der Waals surface area contributed by atoms with Gasteiger partial charge in [0.1, 0.15) is 11.5 Å². The molecule has 0 unspecified atom stereocenters. The second kappa shape index (κ2) is 5.17. The van der Waals surface area contributed by atoms with Gasteiger partial charge >= 0.3 is 11.9 Å². The number of phenolic OH excluding ortho intramolecular Hbond substituents is 2. The maximum atomic E-state index is 11.3. The summed E-state index contributed by atoms with van der Waals surface area (Å²) in [5.74, 6) is -3.84. The Kier molecular flexibility index (Phi) is 3.52. The highest BCUT2D eigenvalue weighted by molar-refractivity contribution is 6.02. The number of aromatic hydroxyl groups is 2. The second-order valence-corrected chi connectivity index (χ2v) is 4.50. The molecule has 0 aromatic heterocycles. The van der Waals surface area contributed by atoms with Crippen LogP contribution in [0.2, 0.25) is 0 Å². The molecule has 0 fully saturated rings. The molecule has 8 nitrogen and oxygen atoms in total. The fourth-order valence-corrected chi connectivity index (χ4v) is 2.03. The molecule has 0 bridgehead atoms. The Hall–Kier alpha value is -3.42. The molecule has 0 aliphatic rings. The molecule has 2 rings (SSSR count). The fraction of sp³-hybridized carbons (Fsp3) is 0. The largest absolute Gasteiger partial charge is 0.505 e. The number of phenols is 2. The van der Waals surface area contributed by atoms with E-state index in [-0.39, 0.29) is 33.6 Å². The monoisotopic (exact) mass is 304 g/mol. The number of carboxylic acid groups (broad SMARTS) is 2. The molecule has 2 aromatic rings. The van der Waals surface area contributed by atoms with Gasteiger partial charge in [-0.1, -0.05) is 0 Å². The first kappa shape index (κ1) is 15.0. The predicted molar refractivity (Wildman–Crippen MR) is 78.0 cm³/mol. The van der Waals surface area contributed by atoms with Crippen molar-refractivity contribution in [3.05, 3.63) is 35.4 Å². The second-order valence-electron chi connectivity index (χ2n) is 4.50. The van der Waals surface area contributed by atoms with Crippen molar-refractivity contribution in [1.29, 1.82) is 0 Å². The Labute approximate surface area is 123 Å². The van der Waals surface area contributed by atoms with Gasteiger partial charge in [0.25, 0.3) is 0 Å². The summed E-state index contributed by atoms with van der Waals surface area (Å²) >= 11 is 0. The van der Waals surface area contributed by atoms with Crippen LogP contribution >= 0.6 is 0 Å². The van der Waals surface area contributed by atoms with Crippen LogP contribution in [0, 0.1) is 0 Å². The first-order valence-electron chi connectivity index (χ1n) is 5.95. The number of carboxylic acids is 2. The summed E-state index contributed by atoms with van der Waals surface area (Å²) in [5.41, 5.74) is 9.65. The van der Waals surface area contributed by atoms with E-state index in [4.69, 9.17) is 16.6 Å². The van der Waals surface area contributed by atoms with E-state index >= 15 is 0 Å². The highest BCUT2D eigenvalue weighted by Crippen LogP contribution is 2.46. The quantitative estimate of drug-likeness (QED) is 0.280. The molecule has 0 radical (unpaired) electrons. The normalized spacial score (nSPS) is 10.4. The molecule has 0 saturated heterocycles. The number of hydrogen-bond donors (Lipinski definition) is 6. The van der Waals surface area contributed by atoms with Crippen molar-refractivity contribution in [3.63, 3.8) is 0 Å². The van der Waals surface area contributed by atoms with Gasteiger partial charge in [0.2, 0.25) is 0 Å². The predicted octanol–water partition coefficient (Wildman–Crippen LogP) is 1.33. The van der Waals surface area contributed by atoms with Crippen molar-refractivity contribution in [1.82, 2.24) is 0 Å². The van der Waals surface area contributed by atoms with E-state index in [2.05, 4.69) is 0 Å². The van der Waals surface area contributed by atoms with Crippen molar-refractivity contribution >= 4 is 23.3 Å². The molecule has 2 aromatic carbocycles. The summed E-state index contributed by atoms with van der Waals surface area (Å²) in [7, 11) is 0. The third-order valence-electron chi connectivity index (χ3n) is 3.10. The molecular formula is C14H12N2O6. The average molecular weight is 304 g/mol. The van der Waals surface area contributed by atoms with Crippen LogP contribution in [-0.4, -0.2) is 32.4 Å². The number of nitrogens with two attached hydrogens (primary N) is 2. The lowest BCUT2D eigenvalue weighted by atomic mass is 9.94. The number of anilines is 2. The number of aromatic carboxylic acids is 2. The van der Waals surface area contributed by atoms with Crippen molar-refractivity contribution < 1.29 is 30.0 Å². The van der Waals surface area contributed by atoms with E-state index in [9.17, 15) is 24.9 Å². The Balaban J connectivity index is 2.89. The SMILES string of the molecule is Nc1cc(N)c(O)c(-c2cc(C(=O)O)ccc2C(=O)O)c1O. The first-order chi connectivity index (χ1) is 10.2. The van der Waals surface area contributed by atoms with Crippen LogP contribution in [0.15, 0.2) is 24.3 Å². The Morgan fingerprint density at radius 2 is 1.41 bits per heavy atom. The third kappa shape index (κ3) is 2.33. The van der Waals surface area contributed by atoms with Crippen molar-refractivity contribution in [2.24, 2.45) is 0 Å². The molecule has 0 saturated carbocycles. The van der Waals surface area contributed by atoms with Crippen LogP contribution in [0.5, 0.6) is 11.5 Å². The highest BCUT2D eigenvalue weighted by Gasteiger charge is 2.23. The minimum absolute atomic E-state index is 0.178. The highest BCUT2D eigenvalue weighted by atomic mass is 16.4. The summed E-state index contributed by atoms with van der Waals surface area (Å²) < 4.78 is 0. The summed E-state index contributed by atoms with van der Waals surface area (Å²) in [6, 6.07) is 4.27. The number of rotatable bonds is 3. The Bertz CT molecular complexity index is 774. The van der Waals surface area contributed by atoms with Crippen LogP contribution in [-0.2, 0) is 0 Å². The Morgan fingerprint density at radius 1 is 0.864 bits per heavy atom. The maximum Gasteiger partial charge on any atom is 0.336 e. The maximum absolute atomic E-state index is 11.3. The minimum Gasteiger partial charge on any atom is -0.505 e. The molecule has 0 heterocycles. The molecule has 0 amide bonds. The van der Waals surface area contributed by atoms with Crippen LogP contribution in [0.25, 0.3) is 11.1 Å². The molecule has 0 spiro atoms. The van der Waals surface area contributed by atoms with Gasteiger partial charge in [-0.25, -0.2) is 9.59 Å². The molecular weight excluding hydrogens is 292 g/mol. The van der Waals surface area contributed by atoms with E-state index in [1.54, 1.807) is 0 Å². The molecule has 8 N–H and O–H groups in total. The number of benzene rings is 2. The smallest absolute Gasteiger partial charge is 0.336 e. The number of carbonyl (C=O) groups is 2. The van der Waals surface area contributed by atoms with Crippen LogP contribution < -0.4 is 11.5 Å². The van der Waals surface area contributed by atoms with Crippen LogP contribution in [0.1, 0.15) is 20.7 Å². The zero-order valence-corrected chi connectivity index (χ0v) is 11.1. The molecule has 22 heavy (non-hydrogen) atoms. The van der Waals surface area contributed by atoms with Gasteiger partial charge in [-0.2, -0.15) is 0 Å². The number of nitrogen functional groups attached to an aromatic ring is 2. The molecule has 8 heteroatoms. The summed E-state index contributed by atoms with van der Waals surface area (Å²) in [6.45, 7) is 0. The lowest BCUT2D eigenvalue weighted by molar-refractivity contribution is 0.0682. The van der Waals surface area contributed by atoms with Gasteiger partial charge in [0, 0.05) is 5.56 Å². The fourth-order valence-electron chi connectivity index (χ4n) is 2.03. The first-order valence-corrected chi connectivity index (χ1v) is 5.95. The lowest BCUT2D eigenvalue weighted by Gasteiger charge is -2.14. The minimum atomic E-state index is -1.37. The zero-order chi connectivity index (χ0) is 16.6. The van der Waals surface area contributed by atoms with E-state index in [1.807, 2.05) is 0 Å². The lowest BCUT2D eigenvalue weighted by Crippen LogP contribution is -2.04. The summed E-state index contributed by atoms with van der Waals surface area (Å²) in [4.78, 5) is 22.3. The van der Waals surface area contributed by atoms with Crippen molar-refractivity contribution in [2.75, 3.05) is 11.5 Å². The molecule has 0 aliphatic carbocycles. The van der Waals surface area contributed by atoms with E-state index < -0.39 is 23.4 Å². The van der Waals surface area contributed by atoms with Gasteiger partial charge in [0.15, 0.2) is 0 Å². The summed E-state index contributed by atoms with van der Waals surface area (Å²) in [6.07, 6.45) is 0. The Morgan fingerprint density at radius 3 is 1.86 bits per heavy atom. The van der Waals surface area contributed by atoms with Crippen molar-refractivity contribution in [3.8, 4) is 22.6 Å². The van der Waals surface area contributed by atoms with Gasteiger partial charge in [0.05, 0.1) is 28.1 Å². The van der Waals surface area contributed by atoms with Crippen molar-refractivity contribution in [2.45, 2.75) is 0 Å². The van der Waals surface area contributed by atoms with E-state index in [0.717, 1.165) is 24.3 Å². The molecule has 0 aliphatic heterocycles. The summed E-state index contributed by atoms with van der Waals surface area (Å²) in [5, 5.41) is 38.2. The molecule has 114 valence electrons. The number of hydrogen-bond acceptors (Lipinski definition) is 6. The third-order valence-corrected chi connectivity index (χ3v) is 3.10. The van der Waals surface area contributed by atoms with E-state index in [1.165, 1.54) is 0 Å².